The molecule has 0 radical (unpaired) electrons. The van der Waals surface area contributed by atoms with Crippen molar-refractivity contribution < 1.29 is 13.2 Å². The number of fused-ring (bicyclic) bond motifs is 1. The first-order valence-corrected chi connectivity index (χ1v) is 10.7. The SMILES string of the molecule is Cc1ccc(S(=O)(=O)CCC(=O)NCCCn2ccc3ccccc32)cc1. The molecule has 1 heterocycles. The number of benzene rings is 2. The average Bonchev–Trinajstić information content (AvgIpc) is 3.07. The Morgan fingerprint density at radius 3 is 2.56 bits per heavy atom. The van der Waals surface area contributed by atoms with E-state index in [1.807, 2.05) is 25.3 Å². The maximum Gasteiger partial charge on any atom is 0.221 e. The van der Waals surface area contributed by atoms with Gasteiger partial charge in [-0.05, 0) is 43.0 Å². The number of sulfone groups is 1. The molecule has 0 aliphatic heterocycles. The second kappa shape index (κ2) is 8.39. The van der Waals surface area contributed by atoms with Gasteiger partial charge in [0.2, 0.25) is 5.91 Å². The van der Waals surface area contributed by atoms with E-state index in [2.05, 4.69) is 28.1 Å². The molecule has 3 aromatic rings. The van der Waals surface area contributed by atoms with E-state index >= 15 is 0 Å². The zero-order valence-corrected chi connectivity index (χ0v) is 16.2. The van der Waals surface area contributed by atoms with Crippen LogP contribution in [0.5, 0.6) is 0 Å². The maximum absolute atomic E-state index is 12.3. The standard InChI is InChI=1S/C21H24N2O3S/c1-17-7-9-19(10-8-17)27(25,26)16-12-21(24)22-13-4-14-23-15-11-18-5-2-3-6-20(18)23/h2-3,5-11,15H,4,12-14,16H2,1H3,(H,22,24). The van der Waals surface area contributed by atoms with Crippen LogP contribution in [0.2, 0.25) is 0 Å². The minimum atomic E-state index is -3.43. The van der Waals surface area contributed by atoms with Crippen LogP contribution in [0.15, 0.2) is 65.7 Å². The maximum atomic E-state index is 12.3. The van der Waals surface area contributed by atoms with Crippen LogP contribution in [0.25, 0.3) is 10.9 Å². The molecule has 1 aromatic heterocycles. The summed E-state index contributed by atoms with van der Waals surface area (Å²) in [7, 11) is -3.43. The van der Waals surface area contributed by atoms with Crippen LogP contribution in [0, 0.1) is 6.92 Å². The summed E-state index contributed by atoms with van der Waals surface area (Å²) in [6.07, 6.45) is 2.80. The number of carbonyl (C=O) groups excluding carboxylic acids is 1. The molecular formula is C21H24N2O3S. The third-order valence-corrected chi connectivity index (χ3v) is 6.29. The number of hydrogen-bond acceptors (Lipinski definition) is 3. The molecule has 0 aliphatic rings. The highest BCUT2D eigenvalue weighted by Crippen LogP contribution is 2.15. The van der Waals surface area contributed by atoms with E-state index < -0.39 is 9.84 Å². The molecule has 0 saturated heterocycles. The molecule has 5 nitrogen and oxygen atoms in total. The van der Waals surface area contributed by atoms with E-state index in [1.54, 1.807) is 24.3 Å². The number of nitrogens with one attached hydrogen (secondary N) is 1. The van der Waals surface area contributed by atoms with Gasteiger partial charge in [0.05, 0.1) is 10.6 Å². The van der Waals surface area contributed by atoms with Gasteiger partial charge in [-0.2, -0.15) is 0 Å². The molecule has 6 heteroatoms. The van der Waals surface area contributed by atoms with Gasteiger partial charge in [-0.1, -0.05) is 35.9 Å². The van der Waals surface area contributed by atoms with Gasteiger partial charge in [0, 0.05) is 31.2 Å². The second-order valence-electron chi connectivity index (χ2n) is 6.65. The van der Waals surface area contributed by atoms with E-state index in [4.69, 9.17) is 0 Å². The van der Waals surface area contributed by atoms with Crippen LogP contribution in [0.3, 0.4) is 0 Å². The summed E-state index contributed by atoms with van der Waals surface area (Å²) in [5, 5.41) is 4.01. The van der Waals surface area contributed by atoms with Gasteiger partial charge in [-0.15, -0.1) is 0 Å². The molecular weight excluding hydrogens is 360 g/mol. The molecule has 0 aliphatic carbocycles. The van der Waals surface area contributed by atoms with E-state index in [0.29, 0.717) is 6.54 Å². The van der Waals surface area contributed by atoms with Crippen molar-refractivity contribution in [1.29, 1.82) is 0 Å². The van der Waals surface area contributed by atoms with Gasteiger partial charge in [-0.25, -0.2) is 8.42 Å². The summed E-state index contributed by atoms with van der Waals surface area (Å²) >= 11 is 0. The minimum Gasteiger partial charge on any atom is -0.356 e. The first kappa shape index (κ1) is 19.2. The summed E-state index contributed by atoms with van der Waals surface area (Å²) in [4.78, 5) is 12.2. The Morgan fingerprint density at radius 2 is 1.78 bits per heavy atom. The number of para-hydroxylation sites is 1. The predicted octanol–water partition coefficient (Wildman–Crippen LogP) is 3.32. The summed E-state index contributed by atoms with van der Waals surface area (Å²) in [6.45, 7) is 3.23. The van der Waals surface area contributed by atoms with Crippen molar-refractivity contribution in [3.8, 4) is 0 Å². The van der Waals surface area contributed by atoms with Gasteiger partial charge in [-0.3, -0.25) is 4.79 Å². The number of hydrogen-bond donors (Lipinski definition) is 1. The zero-order chi connectivity index (χ0) is 19.3. The van der Waals surface area contributed by atoms with Crippen LogP contribution < -0.4 is 5.32 Å². The smallest absolute Gasteiger partial charge is 0.221 e. The lowest BCUT2D eigenvalue weighted by atomic mass is 10.2. The first-order valence-electron chi connectivity index (χ1n) is 9.06. The minimum absolute atomic E-state index is 0.0251. The fourth-order valence-electron chi connectivity index (χ4n) is 2.99. The van der Waals surface area contributed by atoms with E-state index in [9.17, 15) is 13.2 Å². The predicted molar refractivity (Wildman–Crippen MR) is 107 cm³/mol. The Hall–Kier alpha value is -2.60. The zero-order valence-electron chi connectivity index (χ0n) is 15.4. The molecule has 0 bridgehead atoms. The Balaban J connectivity index is 1.42. The Kier molecular flexibility index (Phi) is 5.96. The van der Waals surface area contributed by atoms with Crippen molar-refractivity contribution in [2.45, 2.75) is 31.2 Å². The average molecular weight is 385 g/mol. The number of nitrogens with zero attached hydrogens (tertiary/aromatic N) is 1. The largest absolute Gasteiger partial charge is 0.356 e. The summed E-state index contributed by atoms with van der Waals surface area (Å²) < 4.78 is 26.7. The molecule has 0 atom stereocenters. The normalized spacial score (nSPS) is 11.6. The third kappa shape index (κ3) is 4.98. The van der Waals surface area contributed by atoms with Gasteiger partial charge >= 0.3 is 0 Å². The van der Waals surface area contributed by atoms with Gasteiger partial charge in [0.1, 0.15) is 0 Å². The molecule has 142 valence electrons. The number of aromatic nitrogens is 1. The molecule has 1 N–H and O–H groups in total. The number of rotatable bonds is 8. The van der Waals surface area contributed by atoms with Crippen LogP contribution in [-0.4, -0.2) is 31.2 Å². The van der Waals surface area contributed by atoms with Crippen molar-refractivity contribution in [2.75, 3.05) is 12.3 Å². The number of aryl methyl sites for hydroxylation is 2. The van der Waals surface area contributed by atoms with Crippen LogP contribution in [-0.2, 0) is 21.2 Å². The van der Waals surface area contributed by atoms with Gasteiger partial charge in [0.15, 0.2) is 9.84 Å². The van der Waals surface area contributed by atoms with Crippen LogP contribution >= 0.6 is 0 Å². The highest BCUT2D eigenvalue weighted by atomic mass is 32.2. The molecule has 2 aromatic carbocycles. The number of amides is 1. The molecule has 0 unspecified atom stereocenters. The Bertz CT molecular complexity index is 1020. The summed E-state index contributed by atoms with van der Waals surface area (Å²) in [6, 6.07) is 16.9. The lowest BCUT2D eigenvalue weighted by Gasteiger charge is -2.08. The van der Waals surface area contributed by atoms with E-state index in [1.165, 1.54) is 10.9 Å². The lowest BCUT2D eigenvalue weighted by Crippen LogP contribution is -2.27. The number of carbonyl (C=O) groups is 1. The van der Waals surface area contributed by atoms with Crippen LogP contribution in [0.4, 0.5) is 0 Å². The van der Waals surface area contributed by atoms with Crippen molar-refractivity contribution in [1.82, 2.24) is 9.88 Å². The molecule has 27 heavy (non-hydrogen) atoms. The molecule has 0 spiro atoms. The van der Waals surface area contributed by atoms with Crippen molar-refractivity contribution >= 4 is 26.6 Å². The molecule has 0 saturated carbocycles. The Labute approximate surface area is 159 Å². The monoisotopic (exact) mass is 384 g/mol. The van der Waals surface area contributed by atoms with Gasteiger partial charge < -0.3 is 9.88 Å². The second-order valence-corrected chi connectivity index (χ2v) is 8.76. The fraction of sp³-hybridized carbons (Fsp3) is 0.286. The summed E-state index contributed by atoms with van der Waals surface area (Å²) in [5.41, 5.74) is 2.18. The van der Waals surface area contributed by atoms with Crippen LogP contribution in [0.1, 0.15) is 18.4 Å². The molecule has 1 amide bonds. The Morgan fingerprint density at radius 1 is 1.04 bits per heavy atom. The molecule has 0 fully saturated rings. The highest BCUT2D eigenvalue weighted by molar-refractivity contribution is 7.91. The van der Waals surface area contributed by atoms with Crippen molar-refractivity contribution in [2.24, 2.45) is 0 Å². The van der Waals surface area contributed by atoms with E-state index in [-0.39, 0.29) is 23.0 Å². The third-order valence-electron chi connectivity index (χ3n) is 4.56. The highest BCUT2D eigenvalue weighted by Gasteiger charge is 2.16. The fourth-order valence-corrected chi connectivity index (χ4v) is 4.23. The van der Waals surface area contributed by atoms with E-state index in [0.717, 1.165) is 18.5 Å². The first-order chi connectivity index (χ1) is 13.0. The lowest BCUT2D eigenvalue weighted by molar-refractivity contribution is -0.120. The van der Waals surface area contributed by atoms with Crippen molar-refractivity contribution in [3.63, 3.8) is 0 Å². The topological polar surface area (TPSA) is 68.2 Å². The quantitative estimate of drug-likeness (QED) is 0.606. The summed E-state index contributed by atoms with van der Waals surface area (Å²) in [5.74, 6) is -0.410. The van der Waals surface area contributed by atoms with Crippen molar-refractivity contribution in [3.05, 3.63) is 66.4 Å². The van der Waals surface area contributed by atoms with Gasteiger partial charge in [0.25, 0.3) is 0 Å². The molecule has 3 rings (SSSR count).